The molecule has 378 valence electrons. The monoisotopic (exact) mass is 958 g/mol. The highest BCUT2D eigenvalue weighted by Gasteiger charge is 2.68. The molecule has 0 aromatic heterocycles. The average Bonchev–Trinajstić information content (AvgIpc) is 3.71. The molecule has 4 fully saturated rings. The normalized spacial score (nSPS) is 26.6. The van der Waals surface area contributed by atoms with Gasteiger partial charge < -0.3 is 30.4 Å². The van der Waals surface area contributed by atoms with Crippen molar-refractivity contribution in [1.82, 2.24) is 10.2 Å². The molecule has 8 rings (SSSR count). The predicted octanol–water partition coefficient (Wildman–Crippen LogP) is 10.6. The van der Waals surface area contributed by atoms with Crippen molar-refractivity contribution in [1.29, 1.82) is 0 Å². The van der Waals surface area contributed by atoms with Gasteiger partial charge in [0.25, 0.3) is 0 Å². The lowest BCUT2D eigenvalue weighted by Gasteiger charge is -2.64. The van der Waals surface area contributed by atoms with Crippen LogP contribution < -0.4 is 11.1 Å². The van der Waals surface area contributed by atoms with E-state index in [9.17, 15) is 29.1 Å². The summed E-state index contributed by atoms with van der Waals surface area (Å²) in [5.41, 5.74) is 10.8. The van der Waals surface area contributed by atoms with Gasteiger partial charge in [-0.25, -0.2) is 0 Å². The first-order valence-corrected chi connectivity index (χ1v) is 26.6. The number of carbonyl (C=O) groups is 5. The molecule has 4 N–H and O–H groups in total. The highest BCUT2D eigenvalue weighted by atomic mass is 16.7. The molecule has 3 aromatic rings. The molecule has 4 bridgehead atoms. The number of aryl methyl sites for hydroxylation is 2. The van der Waals surface area contributed by atoms with Gasteiger partial charge in [0.2, 0.25) is 11.8 Å². The number of benzene rings is 3. The highest BCUT2D eigenvalue weighted by Crippen LogP contribution is 2.66. The molecule has 2 aliphatic heterocycles. The van der Waals surface area contributed by atoms with E-state index in [0.29, 0.717) is 67.2 Å². The lowest BCUT2D eigenvalue weighted by atomic mass is 9.43. The maximum absolute atomic E-state index is 14.8. The van der Waals surface area contributed by atoms with Crippen LogP contribution in [0.15, 0.2) is 66.7 Å². The Morgan fingerprint density at radius 3 is 2.30 bits per heavy atom. The van der Waals surface area contributed by atoms with Crippen LogP contribution in [0.2, 0.25) is 5.82 Å². The molecule has 0 spiro atoms. The van der Waals surface area contributed by atoms with Crippen LogP contribution in [0.5, 0.6) is 5.75 Å². The van der Waals surface area contributed by atoms with Crippen molar-refractivity contribution in [2.24, 2.45) is 34.8 Å². The van der Waals surface area contributed by atoms with E-state index in [1.807, 2.05) is 31.2 Å². The number of fused-ring (bicyclic) bond motifs is 2. The van der Waals surface area contributed by atoms with Crippen molar-refractivity contribution in [3.05, 3.63) is 89.0 Å². The van der Waals surface area contributed by atoms with Crippen molar-refractivity contribution in [2.75, 3.05) is 13.6 Å². The molecule has 9 atom stereocenters. The van der Waals surface area contributed by atoms with Gasteiger partial charge in [0, 0.05) is 43.7 Å². The van der Waals surface area contributed by atoms with Crippen LogP contribution in [0.4, 0.5) is 0 Å². The molecule has 70 heavy (non-hydrogen) atoms. The Morgan fingerprint density at radius 2 is 1.61 bits per heavy atom. The molecule has 0 unspecified atom stereocenters. The Bertz CT molecular complexity index is 2320. The molecule has 3 aromatic carbocycles. The minimum absolute atomic E-state index is 0.00578. The number of ketones is 3. The molecular weight excluding hydrogens is 877 g/mol. The Labute approximate surface area is 417 Å². The number of carbonyl (C=O) groups excluding carboxylic acids is 5. The fourth-order valence-corrected chi connectivity index (χ4v) is 12.2. The summed E-state index contributed by atoms with van der Waals surface area (Å²) in [6.07, 6.45) is 11.2. The predicted molar refractivity (Wildman–Crippen MR) is 276 cm³/mol. The number of hydrogen-bond donors (Lipinski definition) is 3. The van der Waals surface area contributed by atoms with E-state index in [1.165, 1.54) is 10.5 Å². The first-order valence-electron chi connectivity index (χ1n) is 26.6. The number of amides is 2. The number of likely N-dealkylation sites (N-methyl/N-ethyl adjacent to an activating group) is 1. The van der Waals surface area contributed by atoms with E-state index in [2.05, 4.69) is 57.3 Å². The topological polar surface area (TPSA) is 165 Å². The summed E-state index contributed by atoms with van der Waals surface area (Å²) in [6.45, 7) is 13.1. The lowest BCUT2D eigenvalue weighted by Crippen LogP contribution is -2.65. The van der Waals surface area contributed by atoms with Crippen LogP contribution in [0.25, 0.3) is 11.1 Å². The molecule has 3 saturated carbocycles. The number of nitrogens with one attached hydrogen (secondary N) is 1. The van der Waals surface area contributed by atoms with Crippen molar-refractivity contribution >= 4 is 36.3 Å². The Kier molecular flexibility index (Phi) is 17.7. The van der Waals surface area contributed by atoms with Crippen LogP contribution in [0, 0.1) is 29.1 Å². The summed E-state index contributed by atoms with van der Waals surface area (Å²) in [5, 5.41) is 14.1. The fraction of sp³-hybridized carbons (Fsp3) is 0.603. The third kappa shape index (κ3) is 12.0. The van der Waals surface area contributed by atoms with Gasteiger partial charge in [-0.3, -0.25) is 24.0 Å². The van der Waals surface area contributed by atoms with Crippen molar-refractivity contribution < 1.29 is 38.4 Å². The van der Waals surface area contributed by atoms with Crippen molar-refractivity contribution in [3.8, 4) is 16.9 Å². The van der Waals surface area contributed by atoms with E-state index < -0.39 is 36.9 Å². The number of nitrogens with two attached hydrogens (primary N) is 1. The first-order chi connectivity index (χ1) is 33.4. The third-order valence-corrected chi connectivity index (χ3v) is 16.9. The Hall–Kier alpha value is -4.65. The van der Waals surface area contributed by atoms with Crippen LogP contribution >= 0.6 is 0 Å². The zero-order valence-electron chi connectivity index (χ0n) is 43.1. The number of hydrogen-bond acceptors (Lipinski definition) is 9. The molecular formula is C58H80BN3O8. The second-order valence-corrected chi connectivity index (χ2v) is 22.3. The average molecular weight is 958 g/mol. The number of aromatic hydroxyl groups is 1. The van der Waals surface area contributed by atoms with E-state index >= 15 is 0 Å². The number of rotatable bonds is 17. The fourth-order valence-electron chi connectivity index (χ4n) is 12.2. The minimum atomic E-state index is -1.10. The zero-order valence-corrected chi connectivity index (χ0v) is 43.1. The Morgan fingerprint density at radius 1 is 0.914 bits per heavy atom. The first kappa shape index (κ1) is 53.2. The standard InChI is InChI=1S/C58H80BN3O8/c1-8-9-16-39-20-22-40(23-21-39)41-24-26-42(27-25-41)49(64)34-45(18-14-15-30-60)56(68)62(7)54-44-28-29-48(63)43(33-44)17-12-10-11-13-19-47(61-55(67)37(2)31-51(54)66)50(65)32-38(3)59-69-53-36-46-35-52(57(46,4)5)58(53,6)70-59/h20-29,33,37-38,45-47,52-54,63H,8-19,30-32,34-36,60H2,1-7H3,(H,61,67)/t37-,38-,45-,46+,47+,52+,53-,54+,58+/m1/s1. The van der Waals surface area contributed by atoms with Gasteiger partial charge in [0.1, 0.15) is 11.8 Å². The van der Waals surface area contributed by atoms with E-state index in [1.54, 1.807) is 32.2 Å². The third-order valence-electron chi connectivity index (χ3n) is 16.9. The summed E-state index contributed by atoms with van der Waals surface area (Å²) in [5.74, 6) is -2.01. The van der Waals surface area contributed by atoms with E-state index in [-0.39, 0.29) is 71.2 Å². The second-order valence-electron chi connectivity index (χ2n) is 22.3. The maximum Gasteiger partial charge on any atom is 0.461 e. The van der Waals surface area contributed by atoms with Gasteiger partial charge in [-0.2, -0.15) is 0 Å². The largest absolute Gasteiger partial charge is 0.508 e. The SMILES string of the molecule is CCCCc1ccc(-c2ccc(C(=O)C[C@@H](CCCCN)C(=O)N(C)[C@@H]3C(=O)C[C@@H](C)C(=O)N[C@H](C(=O)C[C@@H](C)B4O[C@@H]5C[C@@H]6C[C@@H](C6(C)C)[C@]5(C)O4)CCCCCCc4cc3ccc4O)cc2)cc1. The van der Waals surface area contributed by atoms with E-state index in [4.69, 9.17) is 15.0 Å². The van der Waals surface area contributed by atoms with Crippen LogP contribution in [0.3, 0.4) is 0 Å². The number of unbranched alkanes of at least 4 members (excludes halogenated alkanes) is 2. The molecule has 12 heteroatoms. The molecule has 5 aliphatic rings. The highest BCUT2D eigenvalue weighted by molar-refractivity contribution is 6.47. The van der Waals surface area contributed by atoms with Crippen LogP contribution in [0.1, 0.15) is 171 Å². The second kappa shape index (κ2) is 23.3. The van der Waals surface area contributed by atoms with Crippen LogP contribution in [-0.4, -0.2) is 77.6 Å². The summed E-state index contributed by atoms with van der Waals surface area (Å²) in [4.78, 5) is 73.2. The molecule has 3 aliphatic carbocycles. The van der Waals surface area contributed by atoms with Gasteiger partial charge in [-0.1, -0.05) is 121 Å². The van der Waals surface area contributed by atoms with Gasteiger partial charge >= 0.3 is 7.12 Å². The molecule has 1 saturated heterocycles. The van der Waals surface area contributed by atoms with Crippen LogP contribution in [-0.2, 0) is 41.3 Å². The zero-order chi connectivity index (χ0) is 50.3. The molecule has 2 amide bonds. The number of phenols is 1. The van der Waals surface area contributed by atoms with E-state index in [0.717, 1.165) is 68.9 Å². The summed E-state index contributed by atoms with van der Waals surface area (Å²) in [7, 11) is 1.09. The quantitative estimate of drug-likeness (QED) is 0.0678. The smallest absolute Gasteiger partial charge is 0.461 e. The van der Waals surface area contributed by atoms with Crippen molar-refractivity contribution in [2.45, 2.75) is 180 Å². The van der Waals surface area contributed by atoms with Crippen molar-refractivity contribution in [3.63, 3.8) is 0 Å². The Balaban J connectivity index is 1.06. The lowest BCUT2D eigenvalue weighted by molar-refractivity contribution is -0.199. The minimum Gasteiger partial charge on any atom is -0.508 e. The molecule has 2 heterocycles. The van der Waals surface area contributed by atoms with Gasteiger partial charge in [-0.05, 0) is 134 Å². The van der Waals surface area contributed by atoms with Gasteiger partial charge in [-0.15, -0.1) is 0 Å². The maximum atomic E-state index is 14.8. The number of Topliss-reactive ketones (excluding diaryl/α,β-unsaturated/α-hetero) is 3. The summed E-state index contributed by atoms with van der Waals surface area (Å²) < 4.78 is 13.2. The van der Waals surface area contributed by atoms with Gasteiger partial charge in [0.15, 0.2) is 17.3 Å². The molecule has 0 radical (unpaired) electrons. The summed E-state index contributed by atoms with van der Waals surface area (Å²) in [6, 6.07) is 19.2. The molecule has 11 nitrogen and oxygen atoms in total. The number of nitrogens with zero attached hydrogens (tertiary/aromatic N) is 1. The van der Waals surface area contributed by atoms with Gasteiger partial charge in [0.05, 0.1) is 17.7 Å². The summed E-state index contributed by atoms with van der Waals surface area (Å²) >= 11 is 0. The number of phenolic OH excluding ortho intramolecular Hbond substituents is 1.